The van der Waals surface area contributed by atoms with Gasteiger partial charge in [-0.05, 0) is 38.3 Å². The van der Waals surface area contributed by atoms with Crippen molar-refractivity contribution in [3.05, 3.63) is 52.8 Å². The first kappa shape index (κ1) is 14.8. The van der Waals surface area contributed by atoms with E-state index in [1.807, 2.05) is 55.8 Å². The van der Waals surface area contributed by atoms with E-state index in [-0.39, 0.29) is 6.04 Å². The summed E-state index contributed by atoms with van der Waals surface area (Å²) in [7, 11) is 0. The van der Waals surface area contributed by atoms with E-state index in [2.05, 4.69) is 5.10 Å². The van der Waals surface area contributed by atoms with Crippen molar-refractivity contribution in [2.24, 2.45) is 5.73 Å². The molecule has 4 heteroatoms. The van der Waals surface area contributed by atoms with Crippen molar-refractivity contribution in [3.8, 4) is 0 Å². The van der Waals surface area contributed by atoms with Crippen LogP contribution in [-0.2, 0) is 13.0 Å². The lowest BCUT2D eigenvalue weighted by molar-refractivity contribution is 0.120. The molecule has 0 amide bonds. The first-order chi connectivity index (χ1) is 9.49. The highest BCUT2D eigenvalue weighted by molar-refractivity contribution is 5.22. The fourth-order valence-corrected chi connectivity index (χ4v) is 2.30. The predicted octanol–water partition coefficient (Wildman–Crippen LogP) is 1.74. The van der Waals surface area contributed by atoms with Gasteiger partial charge in [0.15, 0.2) is 0 Å². The van der Waals surface area contributed by atoms with Crippen LogP contribution in [0.1, 0.15) is 22.5 Å². The maximum absolute atomic E-state index is 10.3. The fourth-order valence-electron chi connectivity index (χ4n) is 2.30. The van der Waals surface area contributed by atoms with E-state index in [9.17, 15) is 5.11 Å². The predicted molar refractivity (Wildman–Crippen MR) is 80.6 cm³/mol. The molecular weight excluding hydrogens is 250 g/mol. The first-order valence-electron chi connectivity index (χ1n) is 6.97. The highest BCUT2D eigenvalue weighted by Gasteiger charge is 2.18. The third kappa shape index (κ3) is 3.26. The van der Waals surface area contributed by atoms with Crippen LogP contribution in [0, 0.1) is 20.8 Å². The molecule has 0 aliphatic rings. The molecule has 2 aromatic rings. The molecule has 0 radical (unpaired) electrons. The summed E-state index contributed by atoms with van der Waals surface area (Å²) < 4.78 is 1.85. The van der Waals surface area contributed by atoms with Crippen LogP contribution in [0.5, 0.6) is 0 Å². The van der Waals surface area contributed by atoms with Crippen LogP contribution in [0.3, 0.4) is 0 Å². The lowest BCUT2D eigenvalue weighted by Gasteiger charge is -2.19. The zero-order valence-electron chi connectivity index (χ0n) is 12.4. The number of hydrogen-bond acceptors (Lipinski definition) is 3. The molecule has 1 aromatic heterocycles. The van der Waals surface area contributed by atoms with Gasteiger partial charge in [0.25, 0.3) is 0 Å². The molecule has 0 saturated carbocycles. The quantitative estimate of drug-likeness (QED) is 0.872. The molecule has 3 N–H and O–H groups in total. The lowest BCUT2D eigenvalue weighted by atomic mass is 10.0. The number of aryl methyl sites for hydroxylation is 1. The average molecular weight is 273 g/mol. The van der Waals surface area contributed by atoms with E-state index in [0.717, 1.165) is 17.0 Å². The van der Waals surface area contributed by atoms with Crippen LogP contribution in [-0.4, -0.2) is 27.0 Å². The van der Waals surface area contributed by atoms with Crippen molar-refractivity contribution in [2.45, 2.75) is 45.9 Å². The average Bonchev–Trinajstić information content (AvgIpc) is 2.67. The summed E-state index contributed by atoms with van der Waals surface area (Å²) in [4.78, 5) is 0. The van der Waals surface area contributed by atoms with Gasteiger partial charge in [0.1, 0.15) is 0 Å². The van der Waals surface area contributed by atoms with Crippen LogP contribution in [0.25, 0.3) is 0 Å². The molecule has 0 aliphatic carbocycles. The second-order valence-corrected chi connectivity index (χ2v) is 5.40. The SMILES string of the molecule is Cc1nn(CC(O)C(N)Cc2ccccc2)c(C)c1C. The van der Waals surface area contributed by atoms with Crippen molar-refractivity contribution >= 4 is 0 Å². The molecule has 108 valence electrons. The van der Waals surface area contributed by atoms with Crippen molar-refractivity contribution in [1.29, 1.82) is 0 Å². The summed E-state index contributed by atoms with van der Waals surface area (Å²) in [5.41, 5.74) is 10.5. The first-order valence-corrected chi connectivity index (χ1v) is 6.97. The maximum atomic E-state index is 10.3. The van der Waals surface area contributed by atoms with Crippen LogP contribution >= 0.6 is 0 Å². The lowest BCUT2D eigenvalue weighted by Crippen LogP contribution is -2.39. The molecule has 2 unspecified atom stereocenters. The highest BCUT2D eigenvalue weighted by Crippen LogP contribution is 2.13. The minimum absolute atomic E-state index is 0.290. The van der Waals surface area contributed by atoms with E-state index in [1.165, 1.54) is 5.56 Å². The van der Waals surface area contributed by atoms with Crippen LogP contribution in [0.4, 0.5) is 0 Å². The smallest absolute Gasteiger partial charge is 0.0889 e. The number of hydrogen-bond donors (Lipinski definition) is 2. The molecule has 0 saturated heterocycles. The van der Waals surface area contributed by atoms with E-state index in [4.69, 9.17) is 5.73 Å². The van der Waals surface area contributed by atoms with Crippen molar-refractivity contribution in [1.82, 2.24) is 9.78 Å². The van der Waals surface area contributed by atoms with Crippen molar-refractivity contribution in [2.75, 3.05) is 0 Å². The molecule has 0 bridgehead atoms. The summed E-state index contributed by atoms with van der Waals surface area (Å²) >= 11 is 0. The standard InChI is InChI=1S/C16H23N3O/c1-11-12(2)18-19(13(11)3)10-16(20)15(17)9-14-7-5-4-6-8-14/h4-8,15-16,20H,9-10,17H2,1-3H3. The Morgan fingerprint density at radius 2 is 1.85 bits per heavy atom. The topological polar surface area (TPSA) is 64.1 Å². The second kappa shape index (κ2) is 6.20. The molecular formula is C16H23N3O. The summed E-state index contributed by atoms with van der Waals surface area (Å²) in [6.07, 6.45) is 0.0629. The fraction of sp³-hybridized carbons (Fsp3) is 0.438. The van der Waals surface area contributed by atoms with Gasteiger partial charge in [-0.15, -0.1) is 0 Å². The van der Waals surface area contributed by atoms with Gasteiger partial charge in [-0.3, -0.25) is 4.68 Å². The summed E-state index contributed by atoms with van der Waals surface area (Å²) in [6, 6.07) is 9.71. The molecule has 1 heterocycles. The Labute approximate surface area is 120 Å². The van der Waals surface area contributed by atoms with Gasteiger partial charge in [-0.1, -0.05) is 30.3 Å². The number of rotatable bonds is 5. The number of nitrogens with two attached hydrogens (primary N) is 1. The molecule has 1 aromatic carbocycles. The summed E-state index contributed by atoms with van der Waals surface area (Å²) in [5.74, 6) is 0. The van der Waals surface area contributed by atoms with Crippen LogP contribution in [0.15, 0.2) is 30.3 Å². The van der Waals surface area contributed by atoms with Gasteiger partial charge in [0, 0.05) is 11.7 Å². The third-order valence-electron chi connectivity index (χ3n) is 3.91. The van der Waals surface area contributed by atoms with Crippen LogP contribution in [0.2, 0.25) is 0 Å². The molecule has 0 spiro atoms. The number of aliphatic hydroxyl groups excluding tert-OH is 1. The van der Waals surface area contributed by atoms with Gasteiger partial charge in [0.2, 0.25) is 0 Å². The normalized spacial score (nSPS) is 14.2. The number of benzene rings is 1. The van der Waals surface area contributed by atoms with Gasteiger partial charge in [0.05, 0.1) is 18.3 Å². The Balaban J connectivity index is 2.00. The third-order valence-corrected chi connectivity index (χ3v) is 3.91. The monoisotopic (exact) mass is 273 g/mol. The zero-order valence-corrected chi connectivity index (χ0v) is 12.4. The molecule has 0 aliphatic heterocycles. The highest BCUT2D eigenvalue weighted by atomic mass is 16.3. The molecule has 2 atom stereocenters. The van der Waals surface area contributed by atoms with Crippen molar-refractivity contribution < 1.29 is 5.11 Å². The minimum Gasteiger partial charge on any atom is -0.390 e. The van der Waals surface area contributed by atoms with E-state index in [1.54, 1.807) is 0 Å². The molecule has 2 rings (SSSR count). The largest absolute Gasteiger partial charge is 0.390 e. The number of aliphatic hydroxyl groups is 1. The van der Waals surface area contributed by atoms with Crippen LogP contribution < -0.4 is 5.73 Å². The number of aromatic nitrogens is 2. The Bertz CT molecular complexity index is 563. The second-order valence-electron chi connectivity index (χ2n) is 5.40. The van der Waals surface area contributed by atoms with Gasteiger partial charge in [-0.25, -0.2) is 0 Å². The molecule has 0 fully saturated rings. The van der Waals surface area contributed by atoms with Gasteiger partial charge in [-0.2, -0.15) is 5.10 Å². The minimum atomic E-state index is -0.604. The van der Waals surface area contributed by atoms with Crippen molar-refractivity contribution in [3.63, 3.8) is 0 Å². The Morgan fingerprint density at radius 1 is 1.20 bits per heavy atom. The Kier molecular flexibility index (Phi) is 4.57. The summed E-state index contributed by atoms with van der Waals surface area (Å²) in [5, 5.41) is 14.7. The van der Waals surface area contributed by atoms with E-state index >= 15 is 0 Å². The summed E-state index contributed by atoms with van der Waals surface area (Å²) in [6.45, 7) is 6.48. The molecule has 20 heavy (non-hydrogen) atoms. The van der Waals surface area contributed by atoms with E-state index < -0.39 is 6.10 Å². The van der Waals surface area contributed by atoms with Gasteiger partial charge < -0.3 is 10.8 Å². The zero-order chi connectivity index (χ0) is 14.7. The van der Waals surface area contributed by atoms with E-state index in [0.29, 0.717) is 13.0 Å². The molecule has 4 nitrogen and oxygen atoms in total. The Hall–Kier alpha value is -1.65. The maximum Gasteiger partial charge on any atom is 0.0889 e. The van der Waals surface area contributed by atoms with Gasteiger partial charge >= 0.3 is 0 Å². The Morgan fingerprint density at radius 3 is 2.40 bits per heavy atom. The number of nitrogens with zero attached hydrogens (tertiary/aromatic N) is 2.